The Morgan fingerprint density at radius 1 is 1.33 bits per heavy atom. The fourth-order valence-corrected chi connectivity index (χ4v) is 1.73. The molecule has 1 aromatic carbocycles. The lowest BCUT2D eigenvalue weighted by molar-refractivity contribution is 0.173. The van der Waals surface area contributed by atoms with Crippen LogP contribution in [0.1, 0.15) is 5.56 Å². The lowest BCUT2D eigenvalue weighted by atomic mass is 10.1. The molecule has 3 nitrogen and oxygen atoms in total. The SMILES string of the molecule is COc1ccc(CN(C)C2CNC2)cc1. The van der Waals surface area contributed by atoms with Gasteiger partial charge >= 0.3 is 0 Å². The van der Waals surface area contributed by atoms with Crippen molar-refractivity contribution in [2.75, 3.05) is 27.2 Å². The molecule has 0 saturated carbocycles. The molecule has 0 radical (unpaired) electrons. The van der Waals surface area contributed by atoms with Gasteiger partial charge in [-0.3, -0.25) is 4.90 Å². The van der Waals surface area contributed by atoms with Crippen molar-refractivity contribution in [2.24, 2.45) is 0 Å². The number of hydrogen-bond acceptors (Lipinski definition) is 3. The number of methoxy groups -OCH3 is 1. The number of rotatable bonds is 4. The maximum absolute atomic E-state index is 5.13. The number of benzene rings is 1. The Morgan fingerprint density at radius 2 is 2.00 bits per heavy atom. The molecule has 1 aliphatic rings. The highest BCUT2D eigenvalue weighted by atomic mass is 16.5. The number of nitrogens with zero attached hydrogens (tertiary/aromatic N) is 1. The van der Waals surface area contributed by atoms with Crippen LogP contribution in [-0.2, 0) is 6.54 Å². The van der Waals surface area contributed by atoms with Gasteiger partial charge in [0.05, 0.1) is 7.11 Å². The average molecular weight is 206 g/mol. The summed E-state index contributed by atoms with van der Waals surface area (Å²) < 4.78 is 5.13. The highest BCUT2D eigenvalue weighted by Crippen LogP contribution is 2.14. The summed E-state index contributed by atoms with van der Waals surface area (Å²) in [6.07, 6.45) is 0. The topological polar surface area (TPSA) is 24.5 Å². The van der Waals surface area contributed by atoms with Crippen molar-refractivity contribution in [2.45, 2.75) is 12.6 Å². The molecule has 0 spiro atoms. The van der Waals surface area contributed by atoms with Gasteiger partial charge in [-0.2, -0.15) is 0 Å². The molecular weight excluding hydrogens is 188 g/mol. The molecule has 15 heavy (non-hydrogen) atoms. The Kier molecular flexibility index (Phi) is 3.23. The Morgan fingerprint density at radius 3 is 2.47 bits per heavy atom. The quantitative estimate of drug-likeness (QED) is 0.798. The van der Waals surface area contributed by atoms with Crippen molar-refractivity contribution in [1.82, 2.24) is 10.2 Å². The zero-order chi connectivity index (χ0) is 10.7. The largest absolute Gasteiger partial charge is 0.497 e. The first-order valence-corrected chi connectivity index (χ1v) is 5.33. The van der Waals surface area contributed by atoms with Crippen LogP contribution in [0.5, 0.6) is 5.75 Å². The molecular formula is C12H18N2O. The molecule has 1 N–H and O–H groups in total. The second-order valence-corrected chi connectivity index (χ2v) is 4.08. The molecule has 0 bridgehead atoms. The van der Waals surface area contributed by atoms with Crippen LogP contribution in [0.25, 0.3) is 0 Å². The number of ether oxygens (including phenoxy) is 1. The van der Waals surface area contributed by atoms with E-state index in [-0.39, 0.29) is 0 Å². The molecule has 3 heteroatoms. The first-order valence-electron chi connectivity index (χ1n) is 5.33. The molecule has 1 aromatic rings. The predicted octanol–water partition coefficient (Wildman–Crippen LogP) is 1.10. The normalized spacial score (nSPS) is 16.5. The highest BCUT2D eigenvalue weighted by molar-refractivity contribution is 5.27. The van der Waals surface area contributed by atoms with Crippen molar-refractivity contribution in [3.05, 3.63) is 29.8 Å². The summed E-state index contributed by atoms with van der Waals surface area (Å²) in [4.78, 5) is 2.39. The van der Waals surface area contributed by atoms with Gasteiger partial charge in [-0.05, 0) is 24.7 Å². The third kappa shape index (κ3) is 2.49. The van der Waals surface area contributed by atoms with E-state index in [1.54, 1.807) is 7.11 Å². The van der Waals surface area contributed by atoms with Gasteiger partial charge in [0.25, 0.3) is 0 Å². The van der Waals surface area contributed by atoms with Crippen molar-refractivity contribution < 1.29 is 4.74 Å². The van der Waals surface area contributed by atoms with Gasteiger partial charge in [0, 0.05) is 25.7 Å². The first kappa shape index (κ1) is 10.5. The molecule has 1 fully saturated rings. The van der Waals surface area contributed by atoms with Crippen LogP contribution >= 0.6 is 0 Å². The Labute approximate surface area is 91.0 Å². The Bertz CT molecular complexity index is 306. The van der Waals surface area contributed by atoms with Gasteiger partial charge in [0.1, 0.15) is 5.75 Å². The van der Waals surface area contributed by atoms with Crippen molar-refractivity contribution in [3.8, 4) is 5.75 Å². The van der Waals surface area contributed by atoms with Crippen LogP contribution in [0.4, 0.5) is 0 Å². The van der Waals surface area contributed by atoms with Gasteiger partial charge in [-0.1, -0.05) is 12.1 Å². The molecule has 1 saturated heterocycles. The standard InChI is InChI=1S/C12H18N2O/c1-14(11-7-13-8-11)9-10-3-5-12(15-2)6-4-10/h3-6,11,13H,7-9H2,1-2H3. The maximum atomic E-state index is 5.13. The molecule has 1 heterocycles. The highest BCUT2D eigenvalue weighted by Gasteiger charge is 2.20. The minimum atomic E-state index is 0.701. The summed E-state index contributed by atoms with van der Waals surface area (Å²) in [5, 5.41) is 3.28. The van der Waals surface area contributed by atoms with Crippen molar-refractivity contribution in [3.63, 3.8) is 0 Å². The third-order valence-corrected chi connectivity index (χ3v) is 2.97. The molecule has 1 aliphatic heterocycles. The zero-order valence-electron chi connectivity index (χ0n) is 9.36. The van der Waals surface area contributed by atoms with Crippen molar-refractivity contribution in [1.29, 1.82) is 0 Å². The van der Waals surface area contributed by atoms with E-state index in [0.717, 1.165) is 25.4 Å². The number of nitrogens with one attached hydrogen (secondary N) is 1. The second-order valence-electron chi connectivity index (χ2n) is 4.08. The van der Waals surface area contributed by atoms with E-state index in [1.807, 2.05) is 12.1 Å². The molecule has 0 amide bonds. The summed E-state index contributed by atoms with van der Waals surface area (Å²) in [5.74, 6) is 0.923. The lowest BCUT2D eigenvalue weighted by Crippen LogP contribution is -2.55. The van der Waals surface area contributed by atoms with Crippen LogP contribution in [0.15, 0.2) is 24.3 Å². The van der Waals surface area contributed by atoms with Gasteiger partial charge in [0.15, 0.2) is 0 Å². The number of hydrogen-bond donors (Lipinski definition) is 1. The van der Waals surface area contributed by atoms with Crippen LogP contribution in [0, 0.1) is 0 Å². The smallest absolute Gasteiger partial charge is 0.118 e. The average Bonchev–Trinajstić information content (AvgIpc) is 2.16. The molecule has 0 atom stereocenters. The van der Waals surface area contributed by atoms with Gasteiger partial charge in [-0.15, -0.1) is 0 Å². The fourth-order valence-electron chi connectivity index (χ4n) is 1.73. The van der Waals surface area contributed by atoms with Crippen molar-refractivity contribution >= 4 is 0 Å². The van der Waals surface area contributed by atoms with Crippen LogP contribution < -0.4 is 10.1 Å². The lowest BCUT2D eigenvalue weighted by Gasteiger charge is -2.35. The molecule has 0 aromatic heterocycles. The Balaban J connectivity index is 1.91. The van der Waals surface area contributed by atoms with Crippen LogP contribution in [-0.4, -0.2) is 38.2 Å². The second kappa shape index (κ2) is 4.64. The summed E-state index contributed by atoms with van der Waals surface area (Å²) >= 11 is 0. The zero-order valence-corrected chi connectivity index (χ0v) is 9.36. The third-order valence-electron chi connectivity index (χ3n) is 2.97. The maximum Gasteiger partial charge on any atom is 0.118 e. The summed E-state index contributed by atoms with van der Waals surface area (Å²) in [6, 6.07) is 8.99. The molecule has 0 unspecified atom stereocenters. The molecule has 82 valence electrons. The predicted molar refractivity (Wildman–Crippen MR) is 61.1 cm³/mol. The van der Waals surface area contributed by atoms with Crippen LogP contribution in [0.2, 0.25) is 0 Å². The summed E-state index contributed by atoms with van der Waals surface area (Å²) in [7, 11) is 3.87. The van der Waals surface area contributed by atoms with Gasteiger partial charge < -0.3 is 10.1 Å². The monoisotopic (exact) mass is 206 g/mol. The summed E-state index contributed by atoms with van der Waals surface area (Å²) in [5.41, 5.74) is 1.34. The first-order chi connectivity index (χ1) is 7.29. The van der Waals surface area contributed by atoms with E-state index in [4.69, 9.17) is 4.74 Å². The molecule has 2 rings (SSSR count). The van der Waals surface area contributed by atoms with Crippen LogP contribution in [0.3, 0.4) is 0 Å². The minimum Gasteiger partial charge on any atom is -0.497 e. The van der Waals surface area contributed by atoms with E-state index < -0.39 is 0 Å². The van der Waals surface area contributed by atoms with E-state index >= 15 is 0 Å². The summed E-state index contributed by atoms with van der Waals surface area (Å²) in [6.45, 7) is 3.25. The van der Waals surface area contributed by atoms with E-state index in [0.29, 0.717) is 6.04 Å². The Hall–Kier alpha value is -1.06. The minimum absolute atomic E-state index is 0.701. The van der Waals surface area contributed by atoms with E-state index in [2.05, 4.69) is 29.4 Å². The van der Waals surface area contributed by atoms with E-state index in [9.17, 15) is 0 Å². The fraction of sp³-hybridized carbons (Fsp3) is 0.500. The number of likely N-dealkylation sites (N-methyl/N-ethyl adjacent to an activating group) is 1. The molecule has 0 aliphatic carbocycles. The van der Waals surface area contributed by atoms with E-state index in [1.165, 1.54) is 5.56 Å². The van der Waals surface area contributed by atoms with Gasteiger partial charge in [-0.25, -0.2) is 0 Å². The van der Waals surface area contributed by atoms with Gasteiger partial charge in [0.2, 0.25) is 0 Å².